The summed E-state index contributed by atoms with van der Waals surface area (Å²) in [7, 11) is 0. The van der Waals surface area contributed by atoms with Gasteiger partial charge < -0.3 is 15.0 Å². The van der Waals surface area contributed by atoms with E-state index >= 15 is 0 Å². The zero-order chi connectivity index (χ0) is 26.0. The monoisotopic (exact) mass is 534 g/mol. The van der Waals surface area contributed by atoms with Crippen LogP contribution in [0.2, 0.25) is 5.02 Å². The van der Waals surface area contributed by atoms with E-state index in [1.54, 1.807) is 11.8 Å². The molecule has 2 aliphatic heterocycles. The van der Waals surface area contributed by atoms with E-state index in [2.05, 4.69) is 19.2 Å². The number of ether oxygens (including phenoxy) is 1. The van der Waals surface area contributed by atoms with Crippen LogP contribution < -0.4 is 10.1 Å². The molecule has 2 amide bonds. The average Bonchev–Trinajstić information content (AvgIpc) is 3.29. The second-order valence-electron chi connectivity index (χ2n) is 9.69. The Morgan fingerprint density at radius 2 is 1.76 bits per heavy atom. The Morgan fingerprint density at radius 1 is 1.05 bits per heavy atom. The van der Waals surface area contributed by atoms with Crippen LogP contribution in [0.3, 0.4) is 0 Å². The van der Waals surface area contributed by atoms with Crippen LogP contribution in [0.5, 0.6) is 5.75 Å². The van der Waals surface area contributed by atoms with E-state index in [0.29, 0.717) is 22.9 Å². The van der Waals surface area contributed by atoms with Crippen molar-refractivity contribution in [3.05, 3.63) is 100 Å². The third-order valence-electron chi connectivity index (χ3n) is 7.48. The Hall–Kier alpha value is -2.96. The Bertz CT molecular complexity index is 1270. The molecular weight excluding hydrogens is 504 g/mol. The van der Waals surface area contributed by atoms with Crippen molar-refractivity contribution in [2.75, 3.05) is 5.75 Å². The zero-order valence-electron chi connectivity index (χ0n) is 21.1. The number of halogens is 1. The molecule has 2 aliphatic rings. The summed E-state index contributed by atoms with van der Waals surface area (Å²) in [5.74, 6) is 1.30. The maximum Gasteiger partial charge on any atom is 0.251 e. The van der Waals surface area contributed by atoms with Crippen LogP contribution in [0.25, 0.3) is 0 Å². The third kappa shape index (κ3) is 5.36. The molecule has 0 bridgehead atoms. The van der Waals surface area contributed by atoms with Gasteiger partial charge in [0.05, 0.1) is 11.8 Å². The van der Waals surface area contributed by atoms with Crippen molar-refractivity contribution in [2.24, 2.45) is 0 Å². The fourth-order valence-electron chi connectivity index (χ4n) is 5.16. The van der Waals surface area contributed by atoms with Gasteiger partial charge in [-0.15, -0.1) is 11.8 Å². The number of hydrogen-bond donors (Lipinski definition) is 1. The molecule has 0 unspecified atom stereocenters. The van der Waals surface area contributed by atoms with E-state index in [4.69, 9.17) is 16.3 Å². The molecule has 0 spiro atoms. The highest BCUT2D eigenvalue weighted by molar-refractivity contribution is 8.00. The summed E-state index contributed by atoms with van der Waals surface area (Å²) >= 11 is 7.62. The van der Waals surface area contributed by atoms with Crippen LogP contribution in [0, 0.1) is 0 Å². The first-order valence-electron chi connectivity index (χ1n) is 12.8. The van der Waals surface area contributed by atoms with E-state index in [9.17, 15) is 9.59 Å². The van der Waals surface area contributed by atoms with Gasteiger partial charge in [0.15, 0.2) is 0 Å². The Kier molecular flexibility index (Phi) is 7.50. The van der Waals surface area contributed by atoms with Crippen molar-refractivity contribution < 1.29 is 14.3 Å². The molecule has 7 heteroatoms. The number of carbonyl (C=O) groups excluding carboxylic acids is 2. The lowest BCUT2D eigenvalue weighted by Crippen LogP contribution is -2.44. The molecule has 1 N–H and O–H groups in total. The maximum atomic E-state index is 13.3. The largest absolute Gasteiger partial charge is 0.487 e. The third-order valence-corrected chi connectivity index (χ3v) is 8.99. The van der Waals surface area contributed by atoms with Crippen molar-refractivity contribution in [3.63, 3.8) is 0 Å². The van der Waals surface area contributed by atoms with Crippen molar-refractivity contribution in [2.45, 2.75) is 56.7 Å². The van der Waals surface area contributed by atoms with Gasteiger partial charge in [0.2, 0.25) is 5.91 Å². The summed E-state index contributed by atoms with van der Waals surface area (Å²) in [5.41, 5.74) is 3.38. The standard InChI is InChI=1S/C30H31ClN2O3S/c1-3-30(4-2)17-25(24-7-5-6-8-26(24)36-30)32-28(35)21-11-13-22(14-12-21)29-33(27(34)19-37-29)18-20-9-15-23(31)16-10-20/h5-16,25,29H,3-4,17-19H2,1-2H3,(H,32,35)/t25-,29+/m0/s1. The van der Waals surface area contributed by atoms with Gasteiger partial charge in [-0.1, -0.05) is 67.9 Å². The summed E-state index contributed by atoms with van der Waals surface area (Å²) in [6.07, 6.45) is 2.49. The van der Waals surface area contributed by atoms with Gasteiger partial charge in [0.25, 0.3) is 5.91 Å². The summed E-state index contributed by atoms with van der Waals surface area (Å²) in [5, 5.41) is 3.85. The first-order valence-corrected chi connectivity index (χ1v) is 14.2. The summed E-state index contributed by atoms with van der Waals surface area (Å²) < 4.78 is 6.38. The molecular formula is C30H31ClN2O3S. The van der Waals surface area contributed by atoms with E-state index in [-0.39, 0.29) is 28.8 Å². The molecule has 2 atom stereocenters. The molecule has 5 rings (SSSR count). The molecule has 0 radical (unpaired) electrons. The number of nitrogens with one attached hydrogen (secondary N) is 1. The van der Waals surface area contributed by atoms with Crippen molar-refractivity contribution >= 4 is 35.2 Å². The van der Waals surface area contributed by atoms with Crippen LogP contribution in [-0.4, -0.2) is 28.1 Å². The van der Waals surface area contributed by atoms with Crippen molar-refractivity contribution in [1.29, 1.82) is 0 Å². The molecule has 192 valence electrons. The number of rotatable bonds is 7. The highest BCUT2D eigenvalue weighted by Gasteiger charge is 2.39. The normalized spacial score (nSPS) is 20.3. The molecule has 37 heavy (non-hydrogen) atoms. The number of para-hydroxylation sites is 1. The van der Waals surface area contributed by atoms with Crippen molar-refractivity contribution in [3.8, 4) is 5.75 Å². The van der Waals surface area contributed by atoms with Gasteiger partial charge in [-0.3, -0.25) is 9.59 Å². The fourth-order valence-corrected chi connectivity index (χ4v) is 6.47. The molecule has 0 aliphatic carbocycles. The zero-order valence-corrected chi connectivity index (χ0v) is 22.6. The predicted octanol–water partition coefficient (Wildman–Crippen LogP) is 6.93. The number of benzene rings is 3. The minimum absolute atomic E-state index is 0.0858. The molecule has 1 saturated heterocycles. The lowest BCUT2D eigenvalue weighted by Gasteiger charge is -2.41. The van der Waals surface area contributed by atoms with Gasteiger partial charge in [-0.25, -0.2) is 0 Å². The second-order valence-corrected chi connectivity index (χ2v) is 11.2. The maximum absolute atomic E-state index is 13.3. The molecule has 2 heterocycles. The Labute approximate surface area is 227 Å². The van der Waals surface area contributed by atoms with Crippen LogP contribution >= 0.6 is 23.4 Å². The number of amides is 2. The SMILES string of the molecule is CCC1(CC)C[C@H](NC(=O)c2ccc([C@H]3SCC(=O)N3Cc3ccc(Cl)cc3)cc2)c2ccccc2O1. The second kappa shape index (κ2) is 10.8. The topological polar surface area (TPSA) is 58.6 Å². The molecule has 3 aromatic rings. The number of thioether (sulfide) groups is 1. The minimum atomic E-state index is -0.282. The number of fused-ring (bicyclic) bond motifs is 1. The minimum Gasteiger partial charge on any atom is -0.487 e. The average molecular weight is 535 g/mol. The molecule has 3 aromatic carbocycles. The Morgan fingerprint density at radius 3 is 2.46 bits per heavy atom. The molecule has 0 aromatic heterocycles. The number of nitrogens with zero attached hydrogens (tertiary/aromatic N) is 1. The summed E-state index contributed by atoms with van der Waals surface area (Å²) in [4.78, 5) is 27.8. The van der Waals surface area contributed by atoms with E-state index in [1.165, 1.54) is 0 Å². The van der Waals surface area contributed by atoms with Gasteiger partial charge in [0.1, 0.15) is 16.7 Å². The first kappa shape index (κ1) is 25.7. The van der Waals surface area contributed by atoms with E-state index in [1.807, 2.05) is 77.7 Å². The van der Waals surface area contributed by atoms with E-state index in [0.717, 1.165) is 41.7 Å². The van der Waals surface area contributed by atoms with E-state index < -0.39 is 0 Å². The van der Waals surface area contributed by atoms with Crippen LogP contribution in [0.4, 0.5) is 0 Å². The highest BCUT2D eigenvalue weighted by atomic mass is 35.5. The lowest BCUT2D eigenvalue weighted by atomic mass is 9.83. The quantitative estimate of drug-likeness (QED) is 0.357. The fraction of sp³-hybridized carbons (Fsp3) is 0.333. The molecule has 5 nitrogen and oxygen atoms in total. The van der Waals surface area contributed by atoms with Gasteiger partial charge in [-0.05, 0) is 54.3 Å². The van der Waals surface area contributed by atoms with Crippen LogP contribution in [0.1, 0.15) is 71.6 Å². The molecule has 0 saturated carbocycles. The lowest BCUT2D eigenvalue weighted by molar-refractivity contribution is -0.128. The van der Waals surface area contributed by atoms with Gasteiger partial charge >= 0.3 is 0 Å². The summed E-state index contributed by atoms with van der Waals surface area (Å²) in [6, 6.07) is 23.1. The van der Waals surface area contributed by atoms with Crippen LogP contribution in [-0.2, 0) is 11.3 Å². The predicted molar refractivity (Wildman–Crippen MR) is 149 cm³/mol. The highest BCUT2D eigenvalue weighted by Crippen LogP contribution is 2.43. The number of hydrogen-bond acceptors (Lipinski definition) is 4. The first-order chi connectivity index (χ1) is 17.9. The van der Waals surface area contributed by atoms with Crippen molar-refractivity contribution in [1.82, 2.24) is 10.2 Å². The summed E-state index contributed by atoms with van der Waals surface area (Å²) in [6.45, 7) is 4.80. The Balaban J connectivity index is 1.31. The van der Waals surface area contributed by atoms with Gasteiger partial charge in [-0.2, -0.15) is 0 Å². The van der Waals surface area contributed by atoms with Crippen LogP contribution in [0.15, 0.2) is 72.8 Å². The van der Waals surface area contributed by atoms with Gasteiger partial charge in [0, 0.05) is 29.1 Å². The number of carbonyl (C=O) groups is 2. The smallest absolute Gasteiger partial charge is 0.251 e. The molecule has 1 fully saturated rings.